The Balaban J connectivity index is 1.80. The van der Waals surface area contributed by atoms with E-state index in [9.17, 15) is 4.79 Å². The molecule has 0 heterocycles. The van der Waals surface area contributed by atoms with E-state index < -0.39 is 0 Å². The van der Waals surface area contributed by atoms with Crippen molar-refractivity contribution in [1.29, 1.82) is 0 Å². The summed E-state index contributed by atoms with van der Waals surface area (Å²) in [6, 6.07) is 9.78. The average Bonchev–Trinajstić information content (AvgIpc) is 2.75. The maximum atomic E-state index is 12.4. The number of carbonyl (C=O) groups excluding carboxylic acids is 1. The van der Waals surface area contributed by atoms with Gasteiger partial charge in [-0.25, -0.2) is 4.79 Å². The summed E-state index contributed by atoms with van der Waals surface area (Å²) in [7, 11) is -0.123. The van der Waals surface area contributed by atoms with Crippen molar-refractivity contribution < 1.29 is 4.79 Å². The van der Waals surface area contributed by atoms with Crippen molar-refractivity contribution in [1.82, 2.24) is 0 Å². The highest BCUT2D eigenvalue weighted by atomic mass is 32.2. The fourth-order valence-corrected chi connectivity index (χ4v) is 5.27. The van der Waals surface area contributed by atoms with Crippen LogP contribution >= 0.6 is 0 Å². The monoisotopic (exact) mass is 419 g/mol. The molecule has 0 aliphatic carbocycles. The van der Waals surface area contributed by atoms with Gasteiger partial charge in [0.25, 0.3) is 0 Å². The van der Waals surface area contributed by atoms with E-state index in [-0.39, 0.29) is 10.9 Å². The standard InChI is InChI=1S/C27H47OS/c1-3-4-5-6-7-8-9-10-11-12-13-14-15-16-17-18-22-25-29(2)27(28)26-23-20-19-21-24-26/h19-21,23-24H,3-18,22,25H2,1-2H3/q+1. The third kappa shape index (κ3) is 14.8. The van der Waals surface area contributed by atoms with Crippen molar-refractivity contribution in [3.8, 4) is 0 Å². The van der Waals surface area contributed by atoms with Crippen LogP contribution in [0.4, 0.5) is 0 Å². The van der Waals surface area contributed by atoms with Gasteiger partial charge in [0.05, 0.1) is 16.5 Å². The maximum Gasteiger partial charge on any atom is 0.361 e. The van der Waals surface area contributed by atoms with Crippen molar-refractivity contribution in [3.63, 3.8) is 0 Å². The van der Waals surface area contributed by atoms with Gasteiger partial charge in [0.15, 0.2) is 0 Å². The molecule has 0 saturated carbocycles. The minimum absolute atomic E-state index is 0.123. The Bertz CT molecular complexity index is 485. The van der Waals surface area contributed by atoms with Gasteiger partial charge in [0.2, 0.25) is 0 Å². The van der Waals surface area contributed by atoms with Gasteiger partial charge < -0.3 is 0 Å². The zero-order chi connectivity index (χ0) is 21.0. The number of hydrogen-bond donors (Lipinski definition) is 0. The number of unbranched alkanes of at least 4 members (excludes halogenated alkanes) is 16. The highest BCUT2D eigenvalue weighted by Gasteiger charge is 2.24. The number of benzene rings is 1. The van der Waals surface area contributed by atoms with Crippen LogP contribution in [0.25, 0.3) is 0 Å². The number of hydrogen-bond acceptors (Lipinski definition) is 1. The number of carbonyl (C=O) groups is 1. The lowest BCUT2D eigenvalue weighted by atomic mass is 10.0. The molecule has 166 valence electrons. The second-order valence-corrected chi connectivity index (χ2v) is 10.7. The van der Waals surface area contributed by atoms with Crippen molar-refractivity contribution in [2.45, 2.75) is 116 Å². The fraction of sp³-hybridized carbons (Fsp3) is 0.741. The van der Waals surface area contributed by atoms with Crippen LogP contribution in [0.2, 0.25) is 0 Å². The summed E-state index contributed by atoms with van der Waals surface area (Å²) in [6.45, 7) is 2.29. The summed E-state index contributed by atoms with van der Waals surface area (Å²) < 4.78 is 0. The Labute approximate surface area is 184 Å². The van der Waals surface area contributed by atoms with E-state index in [4.69, 9.17) is 0 Å². The molecule has 1 nitrogen and oxygen atoms in total. The third-order valence-corrected chi connectivity index (χ3v) is 7.65. The molecule has 0 aliphatic heterocycles. The van der Waals surface area contributed by atoms with Gasteiger partial charge in [0, 0.05) is 0 Å². The second kappa shape index (κ2) is 19.2. The molecule has 0 bridgehead atoms. The van der Waals surface area contributed by atoms with E-state index in [0.717, 1.165) is 11.3 Å². The Morgan fingerprint density at radius 1 is 0.621 bits per heavy atom. The Kier molecular flexibility index (Phi) is 17.4. The first-order valence-electron chi connectivity index (χ1n) is 12.5. The average molecular weight is 420 g/mol. The van der Waals surface area contributed by atoms with Gasteiger partial charge in [-0.15, -0.1) is 0 Å². The lowest BCUT2D eigenvalue weighted by molar-refractivity contribution is 0.108. The van der Waals surface area contributed by atoms with Gasteiger partial charge in [-0.1, -0.05) is 121 Å². The molecule has 0 aromatic heterocycles. The third-order valence-electron chi connectivity index (χ3n) is 5.88. The van der Waals surface area contributed by atoms with Crippen LogP contribution in [0, 0.1) is 0 Å². The highest BCUT2D eigenvalue weighted by Crippen LogP contribution is 2.15. The maximum absolute atomic E-state index is 12.4. The first-order chi connectivity index (χ1) is 14.3. The Hall–Kier alpha value is -0.760. The SMILES string of the molecule is CCCCCCCCCCCCCCCCCCC[S+](C)C(=O)c1ccccc1. The van der Waals surface area contributed by atoms with E-state index in [1.165, 1.54) is 109 Å². The van der Waals surface area contributed by atoms with Crippen LogP contribution in [-0.4, -0.2) is 17.1 Å². The van der Waals surface area contributed by atoms with Gasteiger partial charge >= 0.3 is 5.12 Å². The summed E-state index contributed by atoms with van der Waals surface area (Å²) in [6.07, 6.45) is 26.0. The van der Waals surface area contributed by atoms with E-state index in [2.05, 4.69) is 13.2 Å². The molecule has 0 amide bonds. The van der Waals surface area contributed by atoms with Crippen molar-refractivity contribution in [3.05, 3.63) is 35.9 Å². The van der Waals surface area contributed by atoms with Crippen LogP contribution in [0.5, 0.6) is 0 Å². The summed E-state index contributed by atoms with van der Waals surface area (Å²) in [5.41, 5.74) is 0.880. The molecule has 1 aromatic carbocycles. The number of rotatable bonds is 19. The quantitative estimate of drug-likeness (QED) is 0.162. The van der Waals surface area contributed by atoms with Crippen molar-refractivity contribution >= 4 is 16.0 Å². The molecule has 0 N–H and O–H groups in total. The summed E-state index contributed by atoms with van der Waals surface area (Å²) in [4.78, 5) is 12.4. The van der Waals surface area contributed by atoms with Crippen LogP contribution in [0.3, 0.4) is 0 Å². The Morgan fingerprint density at radius 2 is 1.00 bits per heavy atom. The van der Waals surface area contributed by atoms with Gasteiger partial charge in [-0.05, 0) is 25.0 Å². The van der Waals surface area contributed by atoms with Gasteiger partial charge in [-0.3, -0.25) is 0 Å². The summed E-state index contributed by atoms with van der Waals surface area (Å²) in [5.74, 6) is 1.06. The predicted octanol–water partition coefficient (Wildman–Crippen LogP) is 8.73. The molecule has 0 saturated heterocycles. The largest absolute Gasteiger partial charge is 0.361 e. The van der Waals surface area contributed by atoms with Crippen molar-refractivity contribution in [2.75, 3.05) is 12.0 Å². The van der Waals surface area contributed by atoms with Gasteiger partial charge in [0.1, 0.15) is 12.0 Å². The first kappa shape index (κ1) is 26.3. The summed E-state index contributed by atoms with van der Waals surface area (Å²) >= 11 is 0. The lowest BCUT2D eigenvalue weighted by Gasteiger charge is -2.04. The molecule has 2 heteroatoms. The van der Waals surface area contributed by atoms with E-state index >= 15 is 0 Å². The van der Waals surface area contributed by atoms with Crippen LogP contribution < -0.4 is 0 Å². The molecular weight excluding hydrogens is 372 g/mol. The van der Waals surface area contributed by atoms with Crippen LogP contribution in [0.15, 0.2) is 30.3 Å². The highest BCUT2D eigenvalue weighted by molar-refractivity contribution is 8.10. The van der Waals surface area contributed by atoms with Gasteiger partial charge in [-0.2, -0.15) is 0 Å². The zero-order valence-corrected chi connectivity index (χ0v) is 20.2. The zero-order valence-electron chi connectivity index (χ0n) is 19.4. The van der Waals surface area contributed by atoms with Crippen molar-refractivity contribution in [2.24, 2.45) is 0 Å². The van der Waals surface area contributed by atoms with E-state index in [1.807, 2.05) is 30.3 Å². The normalized spacial score (nSPS) is 12.2. The summed E-state index contributed by atoms with van der Waals surface area (Å²) in [5, 5.41) is 0.335. The Morgan fingerprint density at radius 3 is 1.41 bits per heavy atom. The molecule has 0 fully saturated rings. The minimum Gasteiger partial charge on any atom is -0.232 e. The molecule has 0 radical (unpaired) electrons. The molecule has 1 aromatic rings. The smallest absolute Gasteiger partial charge is 0.232 e. The van der Waals surface area contributed by atoms with E-state index in [1.54, 1.807) is 0 Å². The van der Waals surface area contributed by atoms with Crippen LogP contribution in [-0.2, 0) is 10.9 Å². The predicted molar refractivity (Wildman–Crippen MR) is 133 cm³/mol. The molecular formula is C27H47OS+. The molecule has 29 heavy (non-hydrogen) atoms. The molecule has 0 aliphatic rings. The molecule has 1 rings (SSSR count). The second-order valence-electron chi connectivity index (χ2n) is 8.65. The van der Waals surface area contributed by atoms with E-state index in [0.29, 0.717) is 5.12 Å². The lowest BCUT2D eigenvalue weighted by Crippen LogP contribution is -2.17. The molecule has 1 unspecified atom stereocenters. The molecule has 1 atom stereocenters. The molecule has 0 spiro atoms. The topological polar surface area (TPSA) is 17.1 Å². The van der Waals surface area contributed by atoms with Crippen LogP contribution in [0.1, 0.15) is 126 Å². The minimum atomic E-state index is -0.123. The fourth-order valence-electron chi connectivity index (χ4n) is 3.91. The first-order valence-corrected chi connectivity index (χ1v) is 14.3.